The molecule has 6 heteroatoms. The van der Waals surface area contributed by atoms with Crippen LogP contribution in [0.2, 0.25) is 0 Å². The molecule has 1 fully saturated rings. The zero-order valence-electron chi connectivity index (χ0n) is 12.4. The minimum Gasteiger partial charge on any atom is -0.349 e. The predicted octanol–water partition coefficient (Wildman–Crippen LogP) is 0.837. The van der Waals surface area contributed by atoms with Crippen molar-refractivity contribution in [2.24, 2.45) is 12.8 Å². The van der Waals surface area contributed by atoms with Crippen LogP contribution in [0, 0.1) is 0 Å². The Morgan fingerprint density at radius 2 is 2.14 bits per heavy atom. The largest absolute Gasteiger partial charge is 0.349 e. The van der Waals surface area contributed by atoms with Crippen molar-refractivity contribution in [1.82, 2.24) is 24.2 Å². The number of rotatable bonds is 3. The van der Waals surface area contributed by atoms with Gasteiger partial charge in [-0.1, -0.05) is 0 Å². The van der Waals surface area contributed by atoms with Gasteiger partial charge >= 0.3 is 0 Å². The van der Waals surface area contributed by atoms with Crippen molar-refractivity contribution < 1.29 is 0 Å². The fourth-order valence-corrected chi connectivity index (χ4v) is 3.44. The van der Waals surface area contributed by atoms with Gasteiger partial charge in [0.05, 0.1) is 6.54 Å². The van der Waals surface area contributed by atoms with Crippen molar-refractivity contribution in [3.8, 4) is 0 Å². The molecule has 0 unspecified atom stereocenters. The smallest absolute Gasteiger partial charge is 0.146 e. The quantitative estimate of drug-likeness (QED) is 0.908. The Hall–Kier alpha value is -1.66. The van der Waals surface area contributed by atoms with Crippen molar-refractivity contribution in [2.75, 3.05) is 6.54 Å². The van der Waals surface area contributed by atoms with Crippen molar-refractivity contribution in [2.45, 2.75) is 44.4 Å². The van der Waals surface area contributed by atoms with Crippen LogP contribution < -0.4 is 5.73 Å². The maximum absolute atomic E-state index is 5.88. The van der Waals surface area contributed by atoms with Crippen molar-refractivity contribution >= 4 is 0 Å². The summed E-state index contributed by atoms with van der Waals surface area (Å²) in [5, 5.41) is 8.80. The van der Waals surface area contributed by atoms with Gasteiger partial charge in [0.1, 0.15) is 11.6 Å². The fraction of sp³-hybridized carbons (Fsp3) is 0.600. The highest BCUT2D eigenvalue weighted by molar-refractivity contribution is 5.10. The Morgan fingerprint density at radius 3 is 2.95 bits per heavy atom. The van der Waals surface area contributed by atoms with E-state index in [2.05, 4.69) is 49.6 Å². The summed E-state index contributed by atoms with van der Waals surface area (Å²) < 4.78 is 4.50. The molecule has 2 aromatic rings. The Balaban J connectivity index is 1.46. The second-order valence-corrected chi connectivity index (χ2v) is 6.37. The third-order valence-corrected chi connectivity index (χ3v) is 4.87. The van der Waals surface area contributed by atoms with E-state index in [0.29, 0.717) is 12.0 Å². The molecule has 1 aliphatic heterocycles. The molecule has 4 rings (SSSR count). The van der Waals surface area contributed by atoms with Gasteiger partial charge in [-0.2, -0.15) is 0 Å². The molecule has 0 amide bonds. The summed E-state index contributed by atoms with van der Waals surface area (Å²) in [6.07, 6.45) is 4.25. The first-order valence-electron chi connectivity index (χ1n) is 7.71. The third-order valence-electron chi connectivity index (χ3n) is 4.87. The lowest BCUT2D eigenvalue weighted by atomic mass is 9.80. The van der Waals surface area contributed by atoms with Crippen LogP contribution in [0.25, 0.3) is 0 Å². The predicted molar refractivity (Wildman–Crippen MR) is 79.5 cm³/mol. The lowest BCUT2D eigenvalue weighted by Gasteiger charge is -2.31. The topological polar surface area (TPSA) is 64.9 Å². The molecule has 0 spiro atoms. The average molecular weight is 286 g/mol. The number of nitrogens with zero attached hydrogens (tertiary/aromatic N) is 5. The van der Waals surface area contributed by atoms with Crippen molar-refractivity contribution in [3.05, 3.63) is 35.7 Å². The van der Waals surface area contributed by atoms with Crippen LogP contribution in [-0.4, -0.2) is 36.8 Å². The van der Waals surface area contributed by atoms with Crippen molar-refractivity contribution in [1.29, 1.82) is 0 Å². The highest BCUT2D eigenvalue weighted by Crippen LogP contribution is 2.34. The molecule has 21 heavy (non-hydrogen) atoms. The van der Waals surface area contributed by atoms with Gasteiger partial charge in [-0.25, -0.2) is 0 Å². The number of fused-ring (bicyclic) bond motifs is 1. The third kappa shape index (κ3) is 2.28. The van der Waals surface area contributed by atoms with Gasteiger partial charge in [-0.05, 0) is 25.0 Å². The van der Waals surface area contributed by atoms with Gasteiger partial charge in [-0.3, -0.25) is 4.90 Å². The van der Waals surface area contributed by atoms with Gasteiger partial charge in [0, 0.05) is 50.5 Å². The number of nitrogens with two attached hydrogens (primary N) is 1. The summed E-state index contributed by atoms with van der Waals surface area (Å²) in [4.78, 5) is 2.44. The van der Waals surface area contributed by atoms with E-state index in [0.717, 1.165) is 50.7 Å². The standard InChI is InChI=1S/C15H22N6/c1-19-14(17-18-15(19)11-7-12(16)8-11)10-20-5-6-21-4-2-3-13(21)9-20/h2-4,11-12H,5-10,16H2,1H3. The summed E-state index contributed by atoms with van der Waals surface area (Å²) in [5.74, 6) is 2.67. The molecule has 0 bridgehead atoms. The average Bonchev–Trinajstić information content (AvgIpc) is 3.03. The molecule has 0 aromatic carbocycles. The molecule has 0 radical (unpaired) electrons. The fourth-order valence-electron chi connectivity index (χ4n) is 3.44. The van der Waals surface area contributed by atoms with Crippen molar-refractivity contribution in [3.63, 3.8) is 0 Å². The second kappa shape index (κ2) is 4.96. The molecule has 0 atom stereocenters. The first kappa shape index (κ1) is 13.0. The molecule has 2 aromatic heterocycles. The molecule has 3 heterocycles. The molecule has 2 aliphatic rings. The second-order valence-electron chi connectivity index (χ2n) is 6.37. The SMILES string of the molecule is Cn1c(CN2CCn3cccc3C2)nnc1C1CC(N)C1. The Morgan fingerprint density at radius 1 is 1.29 bits per heavy atom. The van der Waals surface area contributed by atoms with Gasteiger partial charge in [0.25, 0.3) is 0 Å². The molecular formula is C15H22N6. The Labute approximate surface area is 124 Å². The van der Waals surface area contributed by atoms with Gasteiger partial charge in [0.2, 0.25) is 0 Å². The molecule has 112 valence electrons. The Kier molecular flexibility index (Phi) is 3.08. The van der Waals surface area contributed by atoms with Crippen LogP contribution in [0.3, 0.4) is 0 Å². The molecule has 6 nitrogen and oxygen atoms in total. The van der Waals surface area contributed by atoms with Crippen LogP contribution in [0.4, 0.5) is 0 Å². The zero-order chi connectivity index (χ0) is 14.4. The summed E-state index contributed by atoms with van der Waals surface area (Å²) >= 11 is 0. The van der Waals surface area contributed by atoms with E-state index >= 15 is 0 Å². The lowest BCUT2D eigenvalue weighted by molar-refractivity contribution is 0.205. The summed E-state index contributed by atoms with van der Waals surface area (Å²) in [5.41, 5.74) is 7.26. The number of hydrogen-bond donors (Lipinski definition) is 1. The van der Waals surface area contributed by atoms with E-state index in [-0.39, 0.29) is 0 Å². The summed E-state index contributed by atoms with van der Waals surface area (Å²) in [6.45, 7) is 3.99. The Bertz CT molecular complexity index is 636. The van der Waals surface area contributed by atoms with Gasteiger partial charge in [0.15, 0.2) is 0 Å². The summed E-state index contributed by atoms with van der Waals surface area (Å²) in [7, 11) is 2.08. The number of hydrogen-bond acceptors (Lipinski definition) is 4. The first-order chi connectivity index (χ1) is 10.2. The van der Waals surface area contributed by atoms with E-state index in [1.165, 1.54) is 5.69 Å². The maximum atomic E-state index is 5.88. The van der Waals surface area contributed by atoms with Crippen LogP contribution in [-0.2, 0) is 26.7 Å². The van der Waals surface area contributed by atoms with E-state index in [4.69, 9.17) is 5.73 Å². The zero-order valence-corrected chi connectivity index (χ0v) is 12.4. The lowest BCUT2D eigenvalue weighted by Crippen LogP contribution is -2.36. The van der Waals surface area contributed by atoms with Crippen LogP contribution in [0.1, 0.15) is 36.1 Å². The van der Waals surface area contributed by atoms with Gasteiger partial charge < -0.3 is 14.9 Å². The van der Waals surface area contributed by atoms with E-state index < -0.39 is 0 Å². The minimum atomic E-state index is 0.352. The normalized spacial score (nSPS) is 25.6. The molecule has 1 saturated carbocycles. The monoisotopic (exact) mass is 286 g/mol. The van der Waals surface area contributed by atoms with E-state index in [1.54, 1.807) is 0 Å². The first-order valence-corrected chi connectivity index (χ1v) is 7.71. The minimum absolute atomic E-state index is 0.352. The molecule has 2 N–H and O–H groups in total. The highest BCUT2D eigenvalue weighted by Gasteiger charge is 2.31. The van der Waals surface area contributed by atoms with Crippen LogP contribution in [0.5, 0.6) is 0 Å². The molecule has 1 aliphatic carbocycles. The van der Waals surface area contributed by atoms with Gasteiger partial charge in [-0.15, -0.1) is 10.2 Å². The van der Waals surface area contributed by atoms with E-state index in [9.17, 15) is 0 Å². The van der Waals surface area contributed by atoms with Crippen LogP contribution in [0.15, 0.2) is 18.3 Å². The van der Waals surface area contributed by atoms with E-state index in [1.807, 2.05) is 0 Å². The molecule has 0 saturated heterocycles. The number of aromatic nitrogens is 4. The molecular weight excluding hydrogens is 264 g/mol. The van der Waals surface area contributed by atoms with Crippen LogP contribution >= 0.6 is 0 Å². The summed E-state index contributed by atoms with van der Waals surface area (Å²) in [6, 6.07) is 4.67. The maximum Gasteiger partial charge on any atom is 0.146 e. The highest BCUT2D eigenvalue weighted by atomic mass is 15.3.